The third-order valence-electron chi connectivity index (χ3n) is 4.82. The Morgan fingerprint density at radius 3 is 2.70 bits per heavy atom. The number of phenolic OH excluding ortho intramolecular Hbond substituents is 1. The summed E-state index contributed by atoms with van der Waals surface area (Å²) in [5, 5.41) is 18.7. The third kappa shape index (κ3) is 3.78. The van der Waals surface area contributed by atoms with Crippen molar-refractivity contribution < 1.29 is 27.2 Å². The van der Waals surface area contributed by atoms with Crippen molar-refractivity contribution in [2.24, 2.45) is 0 Å². The van der Waals surface area contributed by atoms with Gasteiger partial charge in [-0.1, -0.05) is 11.2 Å². The molecule has 0 unspecified atom stereocenters. The normalized spacial score (nSPS) is 14.8. The van der Waals surface area contributed by atoms with Gasteiger partial charge in [0.1, 0.15) is 22.1 Å². The first-order chi connectivity index (χ1) is 14.4. The minimum absolute atomic E-state index is 0.0477. The second-order valence-corrected chi connectivity index (χ2v) is 8.83. The molecule has 3 heterocycles. The number of aromatic nitrogens is 2. The fraction of sp³-hybridized carbons (Fsp3) is 0.333. The van der Waals surface area contributed by atoms with Crippen molar-refractivity contribution in [2.45, 2.75) is 31.2 Å². The van der Waals surface area contributed by atoms with Gasteiger partial charge in [-0.3, -0.25) is 5.32 Å². The largest absolute Gasteiger partial charge is 0.503 e. The molecule has 0 atom stereocenters. The van der Waals surface area contributed by atoms with Crippen molar-refractivity contribution in [3.05, 3.63) is 46.8 Å². The summed E-state index contributed by atoms with van der Waals surface area (Å²) < 4.78 is 37.4. The second kappa shape index (κ2) is 7.88. The smallest absolute Gasteiger partial charge is 0.371 e. The lowest BCUT2D eigenvalue weighted by Gasteiger charge is -2.17. The number of aromatic amines is 1. The zero-order valence-corrected chi connectivity index (χ0v) is 17.0. The minimum Gasteiger partial charge on any atom is -0.503 e. The number of furan rings is 1. The maximum Gasteiger partial charge on any atom is 0.371 e. The summed E-state index contributed by atoms with van der Waals surface area (Å²) in [5.41, 5.74) is 0.0477. The SMILES string of the molecule is Cc1ccc(CNc2[nH]o[n+](=O)c2Nc2cccc(S(=O)(=O)N3CCCC3)c2O)o1. The number of hydrogen-bond acceptors (Lipinski definition) is 8. The van der Waals surface area contributed by atoms with E-state index in [2.05, 4.69) is 15.8 Å². The van der Waals surface area contributed by atoms with Gasteiger partial charge in [0, 0.05) is 13.1 Å². The summed E-state index contributed by atoms with van der Waals surface area (Å²) in [6.07, 6.45) is 1.56. The van der Waals surface area contributed by atoms with Crippen LogP contribution in [0.3, 0.4) is 0 Å². The molecule has 1 saturated heterocycles. The van der Waals surface area contributed by atoms with Gasteiger partial charge < -0.3 is 14.8 Å². The fourth-order valence-electron chi connectivity index (χ4n) is 3.28. The molecule has 0 spiro atoms. The van der Waals surface area contributed by atoms with Gasteiger partial charge in [-0.05, 0) is 48.9 Å². The quantitative estimate of drug-likeness (QED) is 0.413. The van der Waals surface area contributed by atoms with Crippen LogP contribution in [0.1, 0.15) is 24.4 Å². The maximum absolute atomic E-state index is 12.8. The Bertz CT molecular complexity index is 1210. The number of hydrogen-bond donors (Lipinski definition) is 4. The molecule has 30 heavy (non-hydrogen) atoms. The maximum atomic E-state index is 12.8. The van der Waals surface area contributed by atoms with E-state index in [-0.39, 0.29) is 33.4 Å². The van der Waals surface area contributed by atoms with Crippen LogP contribution in [0.2, 0.25) is 0 Å². The Morgan fingerprint density at radius 2 is 2.00 bits per heavy atom. The average molecular weight is 436 g/mol. The van der Waals surface area contributed by atoms with Gasteiger partial charge in [0.2, 0.25) is 10.0 Å². The highest BCUT2D eigenvalue weighted by Crippen LogP contribution is 2.35. The zero-order chi connectivity index (χ0) is 21.3. The standard InChI is InChI=1S/C18H21N5O6S/c1-12-7-8-13(28-12)11-19-17-18(23(25)29-21-17)20-14-5-4-6-15(16(14)24)30(26,27)22-9-2-3-10-22/h4-8,20H,2-3,9-11H2,1H3,(H2-,19,21,24,25)/p+1. The van der Waals surface area contributed by atoms with Crippen molar-refractivity contribution in [3.63, 3.8) is 0 Å². The Kier molecular flexibility index (Phi) is 5.26. The van der Waals surface area contributed by atoms with Gasteiger partial charge in [-0.2, -0.15) is 4.31 Å². The number of H-pyrrole nitrogens is 1. The molecule has 0 aliphatic carbocycles. The number of phenols is 1. The van der Waals surface area contributed by atoms with E-state index in [9.17, 15) is 18.4 Å². The molecule has 0 amide bonds. The van der Waals surface area contributed by atoms with E-state index in [1.807, 2.05) is 13.0 Å². The highest BCUT2D eigenvalue weighted by Gasteiger charge is 2.31. The van der Waals surface area contributed by atoms with Gasteiger partial charge in [-0.15, -0.1) is 4.63 Å². The number of nitrogens with one attached hydrogen (secondary N) is 3. The summed E-state index contributed by atoms with van der Waals surface area (Å²) in [5.74, 6) is 1.04. The van der Waals surface area contributed by atoms with Crippen LogP contribution in [-0.2, 0) is 16.6 Å². The minimum atomic E-state index is -3.84. The highest BCUT2D eigenvalue weighted by atomic mass is 32.2. The molecule has 1 aromatic carbocycles. The predicted molar refractivity (Wildman–Crippen MR) is 107 cm³/mol. The summed E-state index contributed by atoms with van der Waals surface area (Å²) >= 11 is 0. The number of nitrogens with zero attached hydrogens (tertiary/aromatic N) is 2. The van der Waals surface area contributed by atoms with Gasteiger partial charge in [0.15, 0.2) is 10.3 Å². The summed E-state index contributed by atoms with van der Waals surface area (Å²) in [4.78, 5) is 11.8. The van der Waals surface area contributed by atoms with E-state index in [1.54, 1.807) is 6.07 Å². The topological polar surface area (TPSA) is 147 Å². The van der Waals surface area contributed by atoms with Crippen LogP contribution in [0.15, 0.2) is 44.3 Å². The van der Waals surface area contributed by atoms with E-state index in [1.165, 1.54) is 22.5 Å². The number of para-hydroxylation sites is 1. The first-order valence-corrected chi connectivity index (χ1v) is 10.8. The molecule has 0 bridgehead atoms. The van der Waals surface area contributed by atoms with Crippen molar-refractivity contribution in [3.8, 4) is 5.75 Å². The molecule has 12 heteroatoms. The van der Waals surface area contributed by atoms with Gasteiger partial charge >= 0.3 is 5.82 Å². The lowest BCUT2D eigenvalue weighted by Crippen LogP contribution is -2.28. The van der Waals surface area contributed by atoms with Crippen LogP contribution in [0, 0.1) is 11.8 Å². The van der Waals surface area contributed by atoms with Crippen LogP contribution in [0.5, 0.6) is 5.75 Å². The van der Waals surface area contributed by atoms with Crippen LogP contribution in [0.25, 0.3) is 0 Å². The predicted octanol–water partition coefficient (Wildman–Crippen LogP) is 2.27. The lowest BCUT2D eigenvalue weighted by molar-refractivity contribution is -0.701. The molecule has 1 aliphatic rings. The van der Waals surface area contributed by atoms with Crippen LogP contribution in [-0.4, -0.2) is 36.1 Å². The Labute approximate surface area is 171 Å². The molecule has 0 radical (unpaired) electrons. The summed E-state index contributed by atoms with van der Waals surface area (Å²) in [6, 6.07) is 7.89. The van der Waals surface area contributed by atoms with Crippen LogP contribution >= 0.6 is 0 Å². The fourth-order valence-corrected chi connectivity index (χ4v) is 4.90. The number of rotatable bonds is 7. The van der Waals surface area contributed by atoms with E-state index >= 15 is 0 Å². The highest BCUT2D eigenvalue weighted by molar-refractivity contribution is 7.89. The monoisotopic (exact) mass is 436 g/mol. The van der Waals surface area contributed by atoms with Crippen molar-refractivity contribution in [1.29, 1.82) is 0 Å². The van der Waals surface area contributed by atoms with Crippen molar-refractivity contribution >= 4 is 27.3 Å². The molecule has 160 valence electrons. The molecule has 0 saturated carbocycles. The molecule has 1 aliphatic heterocycles. The molecule has 11 nitrogen and oxygen atoms in total. The number of aromatic hydroxyl groups is 1. The molecular formula is C18H22N5O6S+. The number of sulfonamides is 1. The second-order valence-electron chi connectivity index (χ2n) is 6.93. The first-order valence-electron chi connectivity index (χ1n) is 9.39. The number of aryl methyl sites for hydroxylation is 1. The average Bonchev–Trinajstić information content (AvgIpc) is 3.45. The van der Waals surface area contributed by atoms with E-state index in [4.69, 9.17) is 9.05 Å². The molecular weight excluding hydrogens is 414 g/mol. The van der Waals surface area contributed by atoms with E-state index < -0.39 is 15.8 Å². The van der Waals surface area contributed by atoms with Crippen molar-refractivity contribution in [1.82, 2.24) is 9.46 Å². The van der Waals surface area contributed by atoms with Crippen LogP contribution < -0.4 is 15.2 Å². The molecule has 2 aromatic heterocycles. The molecule has 4 N–H and O–H groups in total. The Morgan fingerprint density at radius 1 is 1.23 bits per heavy atom. The molecule has 4 rings (SSSR count). The first kappa shape index (κ1) is 20.0. The third-order valence-corrected chi connectivity index (χ3v) is 6.75. The number of benzene rings is 1. The molecule has 1 fully saturated rings. The summed E-state index contributed by atoms with van der Waals surface area (Å²) in [7, 11) is -3.84. The Hall–Kier alpha value is -3.25. The number of anilines is 3. The van der Waals surface area contributed by atoms with E-state index in [0.717, 1.165) is 18.6 Å². The zero-order valence-electron chi connectivity index (χ0n) is 16.2. The summed E-state index contributed by atoms with van der Waals surface area (Å²) in [6.45, 7) is 2.92. The van der Waals surface area contributed by atoms with Crippen LogP contribution in [0.4, 0.5) is 17.3 Å². The van der Waals surface area contributed by atoms with Gasteiger partial charge in [-0.25, -0.2) is 8.42 Å². The van der Waals surface area contributed by atoms with Gasteiger partial charge in [0.25, 0.3) is 5.82 Å². The van der Waals surface area contributed by atoms with Gasteiger partial charge in [0.05, 0.1) is 6.54 Å². The van der Waals surface area contributed by atoms with E-state index in [0.29, 0.717) is 18.8 Å². The Balaban J connectivity index is 1.59. The van der Waals surface area contributed by atoms with Crippen molar-refractivity contribution in [2.75, 3.05) is 23.7 Å². The molecule has 3 aromatic rings. The lowest BCUT2D eigenvalue weighted by atomic mass is 10.3.